The largest absolute Gasteiger partial charge is 0.425 e. The van der Waals surface area contributed by atoms with Crippen LogP contribution in [0.5, 0.6) is 0 Å². The van der Waals surface area contributed by atoms with E-state index in [1.807, 2.05) is 0 Å². The van der Waals surface area contributed by atoms with Crippen molar-refractivity contribution in [3.8, 4) is 0 Å². The van der Waals surface area contributed by atoms with Gasteiger partial charge in [0.1, 0.15) is 5.76 Å². The Hall–Kier alpha value is -2.19. The zero-order chi connectivity index (χ0) is 17.6. The third-order valence-electron chi connectivity index (χ3n) is 2.71. The van der Waals surface area contributed by atoms with E-state index in [9.17, 15) is 18.0 Å². The van der Waals surface area contributed by atoms with Crippen LogP contribution in [0, 0.1) is 5.92 Å². The van der Waals surface area contributed by atoms with Gasteiger partial charge in [-0.3, -0.25) is 14.1 Å². The van der Waals surface area contributed by atoms with Gasteiger partial charge in [0.2, 0.25) is 5.91 Å². The van der Waals surface area contributed by atoms with Gasteiger partial charge in [0, 0.05) is 18.2 Å². The van der Waals surface area contributed by atoms with E-state index >= 15 is 0 Å². The second kappa shape index (κ2) is 7.89. The molecule has 1 aromatic rings. The van der Waals surface area contributed by atoms with Gasteiger partial charge < -0.3 is 10.1 Å². The molecule has 0 spiro atoms. The smallest absolute Gasteiger partial charge is 0.313 e. The second-order valence-electron chi connectivity index (χ2n) is 4.98. The summed E-state index contributed by atoms with van der Waals surface area (Å²) in [5.74, 6) is -1.59. The molecule has 0 atom stereocenters. The molecule has 8 heteroatoms. The van der Waals surface area contributed by atoms with Crippen molar-refractivity contribution in [2.75, 3.05) is 6.54 Å². The highest BCUT2D eigenvalue weighted by Gasteiger charge is 2.17. The molecule has 1 rings (SSSR count). The first-order chi connectivity index (χ1) is 10.6. The molecule has 0 aromatic heterocycles. The lowest BCUT2D eigenvalue weighted by Crippen LogP contribution is -2.21. The highest BCUT2D eigenvalue weighted by Crippen LogP contribution is 2.21. The summed E-state index contributed by atoms with van der Waals surface area (Å²) in [7, 11) is -4.41. The standard InChI is InChI=1S/C15H19NO6S/c1-4-16-14(17)9-13(22-15(18)10(2)3)11-6-5-7-12(8-11)23(19,20)21/h5-10H,4H2,1-3H3,(H,16,17)(H,19,20,21)/b13-9-. The second-order valence-corrected chi connectivity index (χ2v) is 6.40. The van der Waals surface area contributed by atoms with Crippen LogP contribution >= 0.6 is 0 Å². The van der Waals surface area contributed by atoms with Crippen molar-refractivity contribution >= 4 is 27.8 Å². The molecule has 0 aliphatic carbocycles. The molecule has 2 N–H and O–H groups in total. The predicted molar refractivity (Wildman–Crippen MR) is 83.8 cm³/mol. The van der Waals surface area contributed by atoms with Crippen molar-refractivity contribution in [2.45, 2.75) is 25.7 Å². The number of hydrogen-bond donors (Lipinski definition) is 2. The van der Waals surface area contributed by atoms with Crippen molar-refractivity contribution in [2.24, 2.45) is 5.92 Å². The van der Waals surface area contributed by atoms with Gasteiger partial charge in [-0.25, -0.2) is 0 Å². The molecule has 0 fully saturated rings. The summed E-state index contributed by atoms with van der Waals surface area (Å²) in [6.07, 6.45) is 1.06. The fourth-order valence-corrected chi connectivity index (χ4v) is 2.08. The molecule has 23 heavy (non-hydrogen) atoms. The predicted octanol–water partition coefficient (Wildman–Crippen LogP) is 1.61. The monoisotopic (exact) mass is 341 g/mol. The van der Waals surface area contributed by atoms with E-state index in [0.717, 1.165) is 12.1 Å². The number of nitrogens with one attached hydrogen (secondary N) is 1. The van der Waals surface area contributed by atoms with Gasteiger partial charge in [-0.1, -0.05) is 26.0 Å². The van der Waals surface area contributed by atoms with E-state index < -0.39 is 27.9 Å². The van der Waals surface area contributed by atoms with E-state index in [4.69, 9.17) is 9.29 Å². The third kappa shape index (κ3) is 5.84. The lowest BCUT2D eigenvalue weighted by molar-refractivity contribution is -0.140. The highest BCUT2D eigenvalue weighted by molar-refractivity contribution is 7.85. The molecule has 0 aliphatic rings. The van der Waals surface area contributed by atoms with Gasteiger partial charge >= 0.3 is 5.97 Å². The summed E-state index contributed by atoms with van der Waals surface area (Å²) in [5, 5.41) is 2.52. The average Bonchev–Trinajstić information content (AvgIpc) is 2.46. The topological polar surface area (TPSA) is 110 Å². The number of rotatable bonds is 6. The Kier molecular flexibility index (Phi) is 6.47. The summed E-state index contributed by atoms with van der Waals surface area (Å²) < 4.78 is 36.7. The lowest BCUT2D eigenvalue weighted by atomic mass is 10.1. The van der Waals surface area contributed by atoms with E-state index in [1.54, 1.807) is 20.8 Å². The van der Waals surface area contributed by atoms with Crippen molar-refractivity contribution < 1.29 is 27.3 Å². The van der Waals surface area contributed by atoms with Gasteiger partial charge in [0.25, 0.3) is 10.1 Å². The fourth-order valence-electron chi connectivity index (χ4n) is 1.55. The Morgan fingerprint density at radius 2 is 2.00 bits per heavy atom. The number of esters is 1. The molecule has 0 aliphatic heterocycles. The number of carbonyl (C=O) groups excluding carboxylic acids is 2. The first kappa shape index (κ1) is 18.9. The molecule has 1 amide bonds. The number of carbonyl (C=O) groups is 2. The molecule has 0 heterocycles. The van der Waals surface area contributed by atoms with Crippen LogP contribution in [0.4, 0.5) is 0 Å². The Labute approximate surface area is 135 Å². The van der Waals surface area contributed by atoms with Crippen LogP contribution in [0.25, 0.3) is 5.76 Å². The summed E-state index contributed by atoms with van der Waals surface area (Å²) in [5.41, 5.74) is 0.181. The van der Waals surface area contributed by atoms with Crippen LogP contribution in [0.1, 0.15) is 26.3 Å². The Bertz CT molecular complexity index is 721. The molecule has 0 saturated heterocycles. The van der Waals surface area contributed by atoms with Crippen molar-refractivity contribution in [1.29, 1.82) is 0 Å². The van der Waals surface area contributed by atoms with E-state index in [2.05, 4.69) is 5.32 Å². The van der Waals surface area contributed by atoms with Gasteiger partial charge in [0.15, 0.2) is 0 Å². The summed E-state index contributed by atoms with van der Waals surface area (Å²) >= 11 is 0. The van der Waals surface area contributed by atoms with Crippen LogP contribution in [-0.2, 0) is 24.4 Å². The Balaban J connectivity index is 3.29. The van der Waals surface area contributed by atoms with E-state index in [0.29, 0.717) is 6.54 Å². The zero-order valence-corrected chi connectivity index (χ0v) is 13.9. The average molecular weight is 341 g/mol. The Morgan fingerprint density at radius 1 is 1.35 bits per heavy atom. The van der Waals surface area contributed by atoms with Crippen LogP contribution in [0.2, 0.25) is 0 Å². The number of amides is 1. The third-order valence-corrected chi connectivity index (χ3v) is 3.56. The van der Waals surface area contributed by atoms with E-state index in [-0.39, 0.29) is 16.2 Å². The highest BCUT2D eigenvalue weighted by atomic mass is 32.2. The molecule has 0 radical (unpaired) electrons. The molecule has 7 nitrogen and oxygen atoms in total. The maximum absolute atomic E-state index is 11.8. The van der Waals surface area contributed by atoms with Crippen molar-refractivity contribution in [3.05, 3.63) is 35.9 Å². The van der Waals surface area contributed by atoms with Crippen molar-refractivity contribution in [1.82, 2.24) is 5.32 Å². The van der Waals surface area contributed by atoms with Gasteiger partial charge in [-0.05, 0) is 19.1 Å². The molecular formula is C15H19NO6S. The maximum atomic E-state index is 11.8. The lowest BCUT2D eigenvalue weighted by Gasteiger charge is -2.12. The fraction of sp³-hybridized carbons (Fsp3) is 0.333. The minimum atomic E-state index is -4.41. The SMILES string of the molecule is CCNC(=O)/C=C(\OC(=O)C(C)C)c1cccc(S(=O)(=O)O)c1. The first-order valence-corrected chi connectivity index (χ1v) is 8.38. The minimum absolute atomic E-state index is 0.0971. The Morgan fingerprint density at radius 3 is 2.52 bits per heavy atom. The van der Waals surface area contributed by atoms with Crippen LogP contribution in [-0.4, -0.2) is 31.4 Å². The minimum Gasteiger partial charge on any atom is -0.425 e. The van der Waals surface area contributed by atoms with E-state index in [1.165, 1.54) is 18.2 Å². The summed E-state index contributed by atoms with van der Waals surface area (Å²) in [6.45, 7) is 5.36. The summed E-state index contributed by atoms with van der Waals surface area (Å²) in [4.78, 5) is 23.1. The zero-order valence-electron chi connectivity index (χ0n) is 13.1. The molecule has 1 aromatic carbocycles. The quantitative estimate of drug-likeness (QED) is 0.352. The normalized spacial score (nSPS) is 12.1. The molecular weight excluding hydrogens is 322 g/mol. The van der Waals surface area contributed by atoms with Crippen LogP contribution < -0.4 is 5.32 Å². The van der Waals surface area contributed by atoms with Crippen LogP contribution in [0.15, 0.2) is 35.2 Å². The molecule has 126 valence electrons. The number of likely N-dealkylation sites (N-methyl/N-ethyl adjacent to an activating group) is 1. The van der Waals surface area contributed by atoms with Crippen molar-refractivity contribution in [3.63, 3.8) is 0 Å². The molecule has 0 unspecified atom stereocenters. The van der Waals surface area contributed by atoms with Gasteiger partial charge in [-0.2, -0.15) is 8.42 Å². The molecule has 0 bridgehead atoms. The van der Waals surface area contributed by atoms with Gasteiger partial charge in [0.05, 0.1) is 10.8 Å². The van der Waals surface area contributed by atoms with Crippen LogP contribution in [0.3, 0.4) is 0 Å². The number of benzene rings is 1. The first-order valence-electron chi connectivity index (χ1n) is 6.94. The maximum Gasteiger partial charge on any atom is 0.313 e. The molecule has 0 saturated carbocycles. The summed E-state index contributed by atoms with van der Waals surface area (Å²) in [6, 6.07) is 5.14. The van der Waals surface area contributed by atoms with Gasteiger partial charge in [-0.15, -0.1) is 0 Å². The number of ether oxygens (including phenoxy) is 1. The number of hydrogen-bond acceptors (Lipinski definition) is 5.